The molecule has 3 aromatic heterocycles. The van der Waals surface area contributed by atoms with Gasteiger partial charge in [0.2, 0.25) is 5.91 Å². The Labute approximate surface area is 145 Å². The van der Waals surface area contributed by atoms with Crippen molar-refractivity contribution in [2.45, 2.75) is 12.5 Å². The number of aromatic nitrogens is 3. The largest absolute Gasteiger partial charge is 0.368 e. The predicted molar refractivity (Wildman–Crippen MR) is 98.3 cm³/mol. The number of hydrogen-bond acceptors (Lipinski definition) is 4. The molecule has 6 nitrogen and oxygen atoms in total. The van der Waals surface area contributed by atoms with Gasteiger partial charge in [0.1, 0.15) is 5.65 Å². The first kappa shape index (κ1) is 15.4. The van der Waals surface area contributed by atoms with Crippen molar-refractivity contribution < 1.29 is 4.79 Å². The maximum atomic E-state index is 11.5. The molecule has 0 aliphatic carbocycles. The topological polar surface area (TPSA) is 73.9 Å². The Morgan fingerprint density at radius 2 is 2.24 bits per heavy atom. The number of pyridine rings is 2. The van der Waals surface area contributed by atoms with Crippen LogP contribution in [0.4, 0.5) is 5.69 Å². The van der Waals surface area contributed by atoms with E-state index in [1.165, 1.54) is 6.08 Å². The van der Waals surface area contributed by atoms with Gasteiger partial charge in [-0.15, -0.1) is 0 Å². The number of fused-ring (bicyclic) bond motifs is 1. The van der Waals surface area contributed by atoms with Crippen molar-refractivity contribution in [1.29, 1.82) is 0 Å². The highest BCUT2D eigenvalue weighted by Gasteiger charge is 2.24. The van der Waals surface area contributed by atoms with Crippen LogP contribution in [0.25, 0.3) is 22.2 Å². The SMILES string of the molecule is C=CC(=O)N[C@@H]1CCN(c2cnc3[nH]cc(-c4ccncc4)c3c2)C1. The summed E-state index contributed by atoms with van der Waals surface area (Å²) in [7, 11) is 0. The fourth-order valence-corrected chi connectivity index (χ4v) is 3.31. The molecule has 0 unspecified atom stereocenters. The van der Waals surface area contributed by atoms with Crippen molar-refractivity contribution in [3.05, 3.63) is 55.6 Å². The number of hydrogen-bond donors (Lipinski definition) is 2. The van der Waals surface area contributed by atoms with Gasteiger partial charge in [0, 0.05) is 48.7 Å². The highest BCUT2D eigenvalue weighted by atomic mass is 16.1. The van der Waals surface area contributed by atoms with Crippen molar-refractivity contribution >= 4 is 22.6 Å². The normalized spacial score (nSPS) is 17.0. The van der Waals surface area contributed by atoms with Crippen molar-refractivity contribution in [3.63, 3.8) is 0 Å². The van der Waals surface area contributed by atoms with E-state index in [4.69, 9.17) is 0 Å². The summed E-state index contributed by atoms with van der Waals surface area (Å²) in [5.41, 5.74) is 4.16. The average molecular weight is 333 g/mol. The summed E-state index contributed by atoms with van der Waals surface area (Å²) in [5.74, 6) is -0.119. The van der Waals surface area contributed by atoms with Crippen LogP contribution in [0.3, 0.4) is 0 Å². The van der Waals surface area contributed by atoms with E-state index in [1.807, 2.05) is 24.5 Å². The monoisotopic (exact) mass is 333 g/mol. The molecule has 0 bridgehead atoms. The van der Waals surface area contributed by atoms with Crippen molar-refractivity contribution in [3.8, 4) is 11.1 Å². The molecule has 0 aromatic carbocycles. The van der Waals surface area contributed by atoms with E-state index < -0.39 is 0 Å². The zero-order valence-electron chi connectivity index (χ0n) is 13.8. The number of rotatable bonds is 4. The lowest BCUT2D eigenvalue weighted by molar-refractivity contribution is -0.117. The second-order valence-corrected chi connectivity index (χ2v) is 6.17. The summed E-state index contributed by atoms with van der Waals surface area (Å²) in [6.45, 7) is 5.18. The number of H-pyrrole nitrogens is 1. The van der Waals surface area contributed by atoms with Gasteiger partial charge in [0.05, 0.1) is 11.9 Å². The van der Waals surface area contributed by atoms with Crippen molar-refractivity contribution in [2.24, 2.45) is 0 Å². The van der Waals surface area contributed by atoms with Crippen LogP contribution in [-0.2, 0) is 4.79 Å². The van der Waals surface area contributed by atoms with Gasteiger partial charge >= 0.3 is 0 Å². The smallest absolute Gasteiger partial charge is 0.243 e. The van der Waals surface area contributed by atoms with Gasteiger partial charge < -0.3 is 15.2 Å². The van der Waals surface area contributed by atoms with E-state index in [0.29, 0.717) is 0 Å². The summed E-state index contributed by atoms with van der Waals surface area (Å²) in [6, 6.07) is 6.29. The van der Waals surface area contributed by atoms with Gasteiger partial charge in [-0.1, -0.05) is 6.58 Å². The Kier molecular flexibility index (Phi) is 3.93. The van der Waals surface area contributed by atoms with E-state index in [1.54, 1.807) is 12.4 Å². The predicted octanol–water partition coefficient (Wildman–Crippen LogP) is 2.51. The lowest BCUT2D eigenvalue weighted by Crippen LogP contribution is -2.36. The maximum Gasteiger partial charge on any atom is 0.243 e. The van der Waals surface area contributed by atoms with Crippen molar-refractivity contribution in [2.75, 3.05) is 18.0 Å². The highest BCUT2D eigenvalue weighted by Crippen LogP contribution is 2.31. The molecule has 6 heteroatoms. The molecule has 3 aromatic rings. The molecule has 0 saturated carbocycles. The van der Waals surface area contributed by atoms with Crippen LogP contribution >= 0.6 is 0 Å². The van der Waals surface area contributed by atoms with Crippen LogP contribution in [-0.4, -0.2) is 40.0 Å². The Balaban J connectivity index is 1.61. The van der Waals surface area contributed by atoms with Gasteiger partial charge in [-0.25, -0.2) is 4.98 Å². The van der Waals surface area contributed by atoms with E-state index >= 15 is 0 Å². The molecule has 25 heavy (non-hydrogen) atoms. The molecule has 1 aliphatic heterocycles. The van der Waals surface area contributed by atoms with Crippen LogP contribution in [0.15, 0.2) is 55.6 Å². The number of nitrogens with one attached hydrogen (secondary N) is 2. The Bertz CT molecular complexity index is 918. The molecular formula is C19H19N5O. The quantitative estimate of drug-likeness (QED) is 0.720. The second-order valence-electron chi connectivity index (χ2n) is 6.17. The summed E-state index contributed by atoms with van der Waals surface area (Å²) in [6.07, 6.45) is 9.68. The molecule has 1 fully saturated rings. The highest BCUT2D eigenvalue weighted by molar-refractivity contribution is 5.95. The molecule has 126 valence electrons. The van der Waals surface area contributed by atoms with E-state index in [9.17, 15) is 4.79 Å². The summed E-state index contributed by atoms with van der Waals surface area (Å²) < 4.78 is 0. The fourth-order valence-electron chi connectivity index (χ4n) is 3.31. The minimum absolute atomic E-state index is 0.119. The zero-order chi connectivity index (χ0) is 17.2. The Hall–Kier alpha value is -3.15. The molecule has 0 radical (unpaired) electrons. The summed E-state index contributed by atoms with van der Waals surface area (Å²) in [5, 5.41) is 4.05. The molecule has 0 spiro atoms. The summed E-state index contributed by atoms with van der Waals surface area (Å²) in [4.78, 5) is 25.6. The minimum Gasteiger partial charge on any atom is -0.368 e. The second kappa shape index (κ2) is 6.39. The third-order valence-electron chi connectivity index (χ3n) is 4.59. The Morgan fingerprint density at radius 3 is 3.04 bits per heavy atom. The van der Waals surface area contributed by atoms with Gasteiger partial charge in [-0.2, -0.15) is 0 Å². The molecule has 1 atom stereocenters. The molecule has 1 saturated heterocycles. The Morgan fingerprint density at radius 1 is 1.40 bits per heavy atom. The number of anilines is 1. The molecular weight excluding hydrogens is 314 g/mol. The molecule has 4 rings (SSSR count). The number of carbonyl (C=O) groups is 1. The third-order valence-corrected chi connectivity index (χ3v) is 4.59. The lowest BCUT2D eigenvalue weighted by atomic mass is 10.1. The lowest BCUT2D eigenvalue weighted by Gasteiger charge is -2.18. The van der Waals surface area contributed by atoms with Crippen LogP contribution in [0.2, 0.25) is 0 Å². The van der Waals surface area contributed by atoms with Gasteiger partial charge in [-0.05, 0) is 36.3 Å². The summed E-state index contributed by atoms with van der Waals surface area (Å²) >= 11 is 0. The molecule has 1 aliphatic rings. The molecule has 1 amide bonds. The van der Waals surface area contributed by atoms with Gasteiger partial charge in [0.25, 0.3) is 0 Å². The number of carbonyl (C=O) groups excluding carboxylic acids is 1. The van der Waals surface area contributed by atoms with Crippen LogP contribution < -0.4 is 10.2 Å². The van der Waals surface area contributed by atoms with E-state index in [2.05, 4.69) is 37.8 Å². The van der Waals surface area contributed by atoms with Crippen LogP contribution in [0, 0.1) is 0 Å². The van der Waals surface area contributed by atoms with Gasteiger partial charge in [-0.3, -0.25) is 9.78 Å². The van der Waals surface area contributed by atoms with Crippen LogP contribution in [0.5, 0.6) is 0 Å². The van der Waals surface area contributed by atoms with E-state index in [0.717, 1.165) is 47.4 Å². The fraction of sp³-hybridized carbons (Fsp3) is 0.211. The first-order valence-electron chi connectivity index (χ1n) is 8.30. The average Bonchev–Trinajstić information content (AvgIpc) is 3.28. The van der Waals surface area contributed by atoms with Gasteiger partial charge in [0.15, 0.2) is 0 Å². The zero-order valence-corrected chi connectivity index (χ0v) is 13.8. The number of aromatic amines is 1. The molecule has 4 heterocycles. The van der Waals surface area contributed by atoms with Crippen LogP contribution in [0.1, 0.15) is 6.42 Å². The third kappa shape index (κ3) is 2.98. The standard InChI is InChI=1S/C19H19N5O/c1-2-18(25)23-14-5-8-24(12-14)15-9-16-17(11-22-19(16)21-10-15)13-3-6-20-7-4-13/h2-4,6-7,9-11,14H,1,5,8,12H2,(H,21,22)(H,23,25)/t14-/m1/s1. The van der Waals surface area contributed by atoms with E-state index in [-0.39, 0.29) is 11.9 Å². The first-order chi connectivity index (χ1) is 12.2. The first-order valence-corrected chi connectivity index (χ1v) is 8.30. The minimum atomic E-state index is -0.119. The number of nitrogens with zero attached hydrogens (tertiary/aromatic N) is 3. The number of amides is 1. The van der Waals surface area contributed by atoms with Crippen molar-refractivity contribution in [1.82, 2.24) is 20.3 Å². The maximum absolute atomic E-state index is 11.5. The molecule has 2 N–H and O–H groups in total.